The predicted molar refractivity (Wildman–Crippen MR) is 137 cm³/mol. The normalized spacial score (nSPS) is 16.7. The summed E-state index contributed by atoms with van der Waals surface area (Å²) in [6, 6.07) is 6.79. The van der Waals surface area contributed by atoms with Crippen molar-refractivity contribution in [1.29, 1.82) is 0 Å². The fourth-order valence-electron chi connectivity index (χ4n) is 4.83. The van der Waals surface area contributed by atoms with Gasteiger partial charge in [0.25, 0.3) is 0 Å². The number of alkyl halides is 2. The van der Waals surface area contributed by atoms with Gasteiger partial charge in [0.1, 0.15) is 35.1 Å². The summed E-state index contributed by atoms with van der Waals surface area (Å²) in [5, 5.41) is 0. The molecular weight excluding hydrogens is 496 g/mol. The summed E-state index contributed by atoms with van der Waals surface area (Å²) in [6.45, 7) is 4.89. The van der Waals surface area contributed by atoms with E-state index in [4.69, 9.17) is 18.9 Å². The molecule has 0 N–H and O–H groups in total. The molecule has 3 heterocycles. The third kappa shape index (κ3) is 5.76. The van der Waals surface area contributed by atoms with Crippen LogP contribution in [0.1, 0.15) is 43.5 Å². The van der Waals surface area contributed by atoms with Gasteiger partial charge in [0, 0.05) is 42.9 Å². The average Bonchev–Trinajstić information content (AvgIpc) is 3.62. The molecule has 10 heteroatoms. The molecule has 1 aromatic carbocycles. The van der Waals surface area contributed by atoms with Crippen LogP contribution in [0.3, 0.4) is 0 Å². The quantitative estimate of drug-likeness (QED) is 0.321. The fraction of sp³-hybridized carbons (Fsp3) is 0.500. The smallest absolute Gasteiger partial charge is 0.387 e. The molecule has 0 atom stereocenters. The van der Waals surface area contributed by atoms with Crippen molar-refractivity contribution in [3.63, 3.8) is 0 Å². The van der Waals surface area contributed by atoms with Crippen molar-refractivity contribution in [3.05, 3.63) is 42.2 Å². The molecule has 2 aromatic heterocycles. The Hall–Kier alpha value is -3.24. The summed E-state index contributed by atoms with van der Waals surface area (Å²) < 4.78 is 50.3. The van der Waals surface area contributed by atoms with E-state index >= 15 is 0 Å². The molecule has 0 unspecified atom stereocenters. The maximum atomic E-state index is 13.3. The number of hydrogen-bond acceptors (Lipinski definition) is 7. The van der Waals surface area contributed by atoms with E-state index in [0.29, 0.717) is 35.2 Å². The Morgan fingerprint density at radius 1 is 1.18 bits per heavy atom. The number of methoxy groups -OCH3 is 1. The van der Waals surface area contributed by atoms with E-state index in [2.05, 4.69) is 23.7 Å². The molecule has 8 nitrogen and oxygen atoms in total. The Morgan fingerprint density at radius 2 is 1.92 bits per heavy atom. The Labute approximate surface area is 220 Å². The van der Waals surface area contributed by atoms with Crippen LogP contribution in [-0.4, -0.2) is 72.2 Å². The van der Waals surface area contributed by atoms with E-state index < -0.39 is 6.61 Å². The SMILES string of the molecule is COc1cc(-c2cnc3cc(OCC(C)(C)N4CCOCC4)ccn23)cc(OC(F)F)c1C(=O)CC1CC1. The van der Waals surface area contributed by atoms with E-state index in [-0.39, 0.29) is 34.8 Å². The minimum Gasteiger partial charge on any atom is -0.496 e. The Kier molecular flexibility index (Phi) is 7.54. The van der Waals surface area contributed by atoms with Crippen molar-refractivity contribution in [3.8, 4) is 28.5 Å². The second-order valence-corrected chi connectivity index (χ2v) is 10.4. The number of benzene rings is 1. The van der Waals surface area contributed by atoms with Gasteiger partial charge < -0.3 is 18.9 Å². The lowest BCUT2D eigenvalue weighted by atomic mass is 10.00. The van der Waals surface area contributed by atoms with Crippen molar-refractivity contribution in [1.82, 2.24) is 14.3 Å². The molecule has 0 bridgehead atoms. The van der Waals surface area contributed by atoms with Gasteiger partial charge in [0.05, 0.1) is 32.2 Å². The number of rotatable bonds is 11. The largest absolute Gasteiger partial charge is 0.496 e. The van der Waals surface area contributed by atoms with Gasteiger partial charge >= 0.3 is 6.61 Å². The van der Waals surface area contributed by atoms with Crippen LogP contribution >= 0.6 is 0 Å². The Morgan fingerprint density at radius 3 is 2.61 bits per heavy atom. The van der Waals surface area contributed by atoms with Crippen LogP contribution in [0.4, 0.5) is 8.78 Å². The molecule has 1 aliphatic carbocycles. The van der Waals surface area contributed by atoms with Crippen molar-refractivity contribution in [2.24, 2.45) is 5.92 Å². The molecular formula is C28H33F2N3O5. The first-order valence-electron chi connectivity index (χ1n) is 12.9. The van der Waals surface area contributed by atoms with Crippen molar-refractivity contribution in [2.45, 2.75) is 45.3 Å². The lowest BCUT2D eigenvalue weighted by Crippen LogP contribution is -2.53. The van der Waals surface area contributed by atoms with Crippen LogP contribution in [0.25, 0.3) is 16.9 Å². The fourth-order valence-corrected chi connectivity index (χ4v) is 4.83. The number of Topliss-reactive ketones (excluding diaryl/α,β-unsaturated/α-hetero) is 1. The van der Waals surface area contributed by atoms with Crippen LogP contribution < -0.4 is 14.2 Å². The van der Waals surface area contributed by atoms with Gasteiger partial charge in [-0.1, -0.05) is 0 Å². The van der Waals surface area contributed by atoms with Gasteiger partial charge in [-0.05, 0) is 50.8 Å². The highest BCUT2D eigenvalue weighted by molar-refractivity contribution is 6.02. The number of imidazole rings is 1. The minimum atomic E-state index is -3.08. The van der Waals surface area contributed by atoms with E-state index in [9.17, 15) is 13.6 Å². The Bertz CT molecular complexity index is 1300. The standard InChI is InChI=1S/C28H33F2N3O5/c1-28(2,32-8-10-36-11-9-32)17-37-20-6-7-33-21(16-31-25(33)15-20)19-13-23(35-3)26(22(34)12-18-4-5-18)24(14-19)38-27(29)30/h6-7,13-16,18,27H,4-5,8-12,17H2,1-3H3. The average molecular weight is 530 g/mol. The maximum Gasteiger partial charge on any atom is 0.387 e. The molecule has 0 radical (unpaired) electrons. The lowest BCUT2D eigenvalue weighted by Gasteiger charge is -2.40. The zero-order valence-electron chi connectivity index (χ0n) is 21.9. The van der Waals surface area contributed by atoms with Gasteiger partial charge in [-0.25, -0.2) is 4.98 Å². The van der Waals surface area contributed by atoms with E-state index in [0.717, 1.165) is 39.1 Å². The zero-order chi connectivity index (χ0) is 26.9. The molecule has 204 valence electrons. The summed E-state index contributed by atoms with van der Waals surface area (Å²) >= 11 is 0. The van der Waals surface area contributed by atoms with Gasteiger partial charge in [0.2, 0.25) is 0 Å². The second-order valence-electron chi connectivity index (χ2n) is 10.4. The first kappa shape index (κ1) is 26.4. The number of fused-ring (bicyclic) bond motifs is 1. The van der Waals surface area contributed by atoms with Crippen LogP contribution in [0.5, 0.6) is 17.2 Å². The van der Waals surface area contributed by atoms with Crippen LogP contribution in [0.2, 0.25) is 0 Å². The maximum absolute atomic E-state index is 13.3. The summed E-state index contributed by atoms with van der Waals surface area (Å²) in [6.07, 6.45) is 5.69. The van der Waals surface area contributed by atoms with Crippen LogP contribution in [0, 0.1) is 5.92 Å². The number of carbonyl (C=O) groups excluding carboxylic acids is 1. The number of ketones is 1. The Balaban J connectivity index is 1.41. The monoisotopic (exact) mass is 529 g/mol. The summed E-state index contributed by atoms with van der Waals surface area (Å²) in [7, 11) is 1.41. The van der Waals surface area contributed by atoms with Crippen molar-refractivity contribution < 1.29 is 32.5 Å². The molecule has 1 saturated heterocycles. The predicted octanol–water partition coefficient (Wildman–Crippen LogP) is 5.08. The molecule has 3 aromatic rings. The highest BCUT2D eigenvalue weighted by Gasteiger charge is 2.31. The summed E-state index contributed by atoms with van der Waals surface area (Å²) in [5.74, 6) is 0.716. The molecule has 0 spiro atoms. The highest BCUT2D eigenvalue weighted by atomic mass is 19.3. The number of carbonyl (C=O) groups is 1. The molecule has 2 fully saturated rings. The molecule has 0 amide bonds. The van der Waals surface area contributed by atoms with Gasteiger partial charge in [-0.15, -0.1) is 0 Å². The van der Waals surface area contributed by atoms with Gasteiger partial charge in [0.15, 0.2) is 5.78 Å². The number of halogens is 2. The number of pyridine rings is 1. The van der Waals surface area contributed by atoms with E-state index in [1.807, 2.05) is 22.7 Å². The van der Waals surface area contributed by atoms with E-state index in [1.165, 1.54) is 13.2 Å². The number of nitrogens with zero attached hydrogens (tertiary/aromatic N) is 3. The molecule has 38 heavy (non-hydrogen) atoms. The zero-order valence-corrected chi connectivity index (χ0v) is 21.9. The third-order valence-electron chi connectivity index (χ3n) is 7.19. The minimum absolute atomic E-state index is 0.0517. The molecule has 1 saturated carbocycles. The highest BCUT2D eigenvalue weighted by Crippen LogP contribution is 2.40. The van der Waals surface area contributed by atoms with Crippen LogP contribution in [0.15, 0.2) is 36.7 Å². The summed E-state index contributed by atoms with van der Waals surface area (Å²) in [5.41, 5.74) is 1.70. The summed E-state index contributed by atoms with van der Waals surface area (Å²) in [4.78, 5) is 19.8. The molecule has 2 aliphatic rings. The number of hydrogen-bond donors (Lipinski definition) is 0. The van der Waals surface area contributed by atoms with Crippen LogP contribution in [-0.2, 0) is 4.74 Å². The van der Waals surface area contributed by atoms with Gasteiger partial charge in [-0.3, -0.25) is 14.1 Å². The number of aromatic nitrogens is 2. The molecule has 1 aliphatic heterocycles. The third-order valence-corrected chi connectivity index (χ3v) is 7.19. The second kappa shape index (κ2) is 10.9. The van der Waals surface area contributed by atoms with Crippen molar-refractivity contribution in [2.75, 3.05) is 40.0 Å². The van der Waals surface area contributed by atoms with Crippen molar-refractivity contribution >= 4 is 11.4 Å². The van der Waals surface area contributed by atoms with E-state index in [1.54, 1.807) is 12.3 Å². The molecule has 5 rings (SSSR count). The topological polar surface area (TPSA) is 74.5 Å². The number of ether oxygens (including phenoxy) is 4. The number of morpholine rings is 1. The van der Waals surface area contributed by atoms with Gasteiger partial charge in [-0.2, -0.15) is 8.78 Å². The lowest BCUT2D eigenvalue weighted by molar-refractivity contribution is -0.0502. The first-order valence-corrected chi connectivity index (χ1v) is 12.9. The first-order chi connectivity index (χ1) is 18.2.